The number of aryl methyl sites for hydroxylation is 1. The molecular weight excluding hydrogens is 508 g/mol. The van der Waals surface area contributed by atoms with Crippen LogP contribution in [-0.2, 0) is 19.1 Å². The Morgan fingerprint density at radius 2 is 1.65 bits per heavy atom. The Morgan fingerprint density at radius 3 is 2.23 bits per heavy atom. The standard InChI is InChI=1S/C31H52N4O5/c1-9-11-12-13-20-35(29(38)25(18-19-26(32)36)34-30(39)40-31(6,7)8)27(28(37)33-22(4)15-10-2)24-17-14-16-21(3)23(24)5/h14,16-17,22,25,27H,9-13,15,18-20H2,1-8H3,(H2,32,36)(H,33,37)(H,34,39). The minimum absolute atomic E-state index is 0.00769. The van der Waals surface area contributed by atoms with Crippen LogP contribution in [0.15, 0.2) is 18.2 Å². The fraction of sp³-hybridized carbons (Fsp3) is 0.677. The third-order valence-corrected chi connectivity index (χ3v) is 6.82. The van der Waals surface area contributed by atoms with Crippen LogP contribution in [0.4, 0.5) is 4.79 Å². The first-order valence-corrected chi connectivity index (χ1v) is 14.7. The monoisotopic (exact) mass is 560 g/mol. The Morgan fingerprint density at radius 1 is 0.975 bits per heavy atom. The first-order chi connectivity index (χ1) is 18.7. The number of nitrogens with zero attached hydrogens (tertiary/aromatic N) is 1. The maximum Gasteiger partial charge on any atom is 0.408 e. The molecule has 40 heavy (non-hydrogen) atoms. The van der Waals surface area contributed by atoms with Crippen LogP contribution >= 0.6 is 0 Å². The average molecular weight is 561 g/mol. The van der Waals surface area contributed by atoms with Crippen molar-refractivity contribution in [2.75, 3.05) is 6.54 Å². The molecule has 1 rings (SSSR count). The Labute approximate surface area is 241 Å². The van der Waals surface area contributed by atoms with Gasteiger partial charge in [0, 0.05) is 19.0 Å². The lowest BCUT2D eigenvalue weighted by Gasteiger charge is -2.36. The van der Waals surface area contributed by atoms with E-state index < -0.39 is 35.6 Å². The summed E-state index contributed by atoms with van der Waals surface area (Å²) in [4.78, 5) is 54.2. The van der Waals surface area contributed by atoms with Gasteiger partial charge >= 0.3 is 6.09 Å². The quantitative estimate of drug-likeness (QED) is 0.239. The van der Waals surface area contributed by atoms with E-state index in [0.29, 0.717) is 13.0 Å². The Balaban J connectivity index is 3.61. The van der Waals surface area contributed by atoms with Crippen LogP contribution in [0.1, 0.15) is 116 Å². The fourth-order valence-corrected chi connectivity index (χ4v) is 4.62. The molecule has 0 aliphatic carbocycles. The summed E-state index contributed by atoms with van der Waals surface area (Å²) in [7, 11) is 0. The number of unbranched alkanes of at least 4 members (excludes halogenated alkanes) is 3. The van der Waals surface area contributed by atoms with Gasteiger partial charge < -0.3 is 26.0 Å². The number of rotatable bonds is 16. The van der Waals surface area contributed by atoms with Gasteiger partial charge in [-0.2, -0.15) is 0 Å². The van der Waals surface area contributed by atoms with Crippen molar-refractivity contribution in [3.05, 3.63) is 34.9 Å². The highest BCUT2D eigenvalue weighted by atomic mass is 16.6. The summed E-state index contributed by atoms with van der Waals surface area (Å²) in [5.41, 5.74) is 7.29. The van der Waals surface area contributed by atoms with Gasteiger partial charge in [-0.15, -0.1) is 0 Å². The van der Waals surface area contributed by atoms with E-state index in [2.05, 4.69) is 24.5 Å². The molecule has 4 N–H and O–H groups in total. The molecule has 0 heterocycles. The number of benzene rings is 1. The number of primary amides is 1. The molecule has 0 aliphatic heterocycles. The van der Waals surface area contributed by atoms with Crippen molar-refractivity contribution in [2.24, 2.45) is 5.73 Å². The molecule has 0 aliphatic rings. The summed E-state index contributed by atoms with van der Waals surface area (Å²) >= 11 is 0. The van der Waals surface area contributed by atoms with Crippen LogP contribution in [0.3, 0.4) is 0 Å². The molecule has 1 aromatic carbocycles. The molecule has 1 aromatic rings. The lowest BCUT2D eigenvalue weighted by atomic mass is 9.94. The average Bonchev–Trinajstić information content (AvgIpc) is 2.84. The van der Waals surface area contributed by atoms with Crippen LogP contribution < -0.4 is 16.4 Å². The van der Waals surface area contributed by atoms with Gasteiger partial charge in [-0.1, -0.05) is 57.7 Å². The molecule has 0 saturated carbocycles. The van der Waals surface area contributed by atoms with E-state index in [9.17, 15) is 19.2 Å². The Kier molecular flexibility index (Phi) is 14.7. The van der Waals surface area contributed by atoms with E-state index in [-0.39, 0.29) is 24.8 Å². The second kappa shape index (κ2) is 16.9. The third kappa shape index (κ3) is 12.0. The van der Waals surface area contributed by atoms with Gasteiger partial charge in [-0.05, 0) is 77.5 Å². The highest BCUT2D eigenvalue weighted by Crippen LogP contribution is 2.28. The molecule has 3 atom stereocenters. The molecule has 0 fully saturated rings. The predicted molar refractivity (Wildman–Crippen MR) is 159 cm³/mol. The zero-order chi connectivity index (χ0) is 30.5. The molecule has 0 aromatic heterocycles. The first kappa shape index (κ1) is 34.9. The molecular formula is C31H52N4O5. The molecule has 4 amide bonds. The maximum absolute atomic E-state index is 14.3. The number of alkyl carbamates (subject to hydrolysis) is 1. The summed E-state index contributed by atoms with van der Waals surface area (Å²) in [6.45, 7) is 15.5. The minimum Gasteiger partial charge on any atom is -0.444 e. The number of carbonyl (C=O) groups excluding carboxylic acids is 4. The molecule has 9 nitrogen and oxygen atoms in total. The van der Waals surface area contributed by atoms with Crippen LogP contribution in [0.25, 0.3) is 0 Å². The van der Waals surface area contributed by atoms with Crippen molar-refractivity contribution >= 4 is 23.8 Å². The molecule has 0 saturated heterocycles. The van der Waals surface area contributed by atoms with Crippen molar-refractivity contribution in [3.8, 4) is 0 Å². The highest BCUT2D eigenvalue weighted by Gasteiger charge is 2.37. The summed E-state index contributed by atoms with van der Waals surface area (Å²) in [6.07, 6.45) is 4.41. The lowest BCUT2D eigenvalue weighted by molar-refractivity contribution is -0.143. The second-order valence-electron chi connectivity index (χ2n) is 11.7. The van der Waals surface area contributed by atoms with Gasteiger partial charge in [0.2, 0.25) is 17.7 Å². The minimum atomic E-state index is -1.10. The number of nitrogens with two attached hydrogens (primary N) is 1. The smallest absolute Gasteiger partial charge is 0.408 e. The number of amides is 4. The summed E-state index contributed by atoms with van der Waals surface area (Å²) < 4.78 is 5.41. The van der Waals surface area contributed by atoms with E-state index >= 15 is 0 Å². The number of hydrogen-bond donors (Lipinski definition) is 3. The van der Waals surface area contributed by atoms with E-state index in [1.807, 2.05) is 39.0 Å². The van der Waals surface area contributed by atoms with Gasteiger partial charge in [0.25, 0.3) is 0 Å². The largest absolute Gasteiger partial charge is 0.444 e. The van der Waals surface area contributed by atoms with Crippen LogP contribution in [0.5, 0.6) is 0 Å². The topological polar surface area (TPSA) is 131 Å². The normalized spacial score (nSPS) is 13.6. The van der Waals surface area contributed by atoms with Crippen molar-refractivity contribution in [1.29, 1.82) is 0 Å². The number of nitrogens with one attached hydrogen (secondary N) is 2. The van der Waals surface area contributed by atoms with Crippen molar-refractivity contribution < 1.29 is 23.9 Å². The van der Waals surface area contributed by atoms with Gasteiger partial charge in [-0.3, -0.25) is 14.4 Å². The van der Waals surface area contributed by atoms with E-state index in [4.69, 9.17) is 10.5 Å². The Bertz CT molecular complexity index is 988. The predicted octanol–water partition coefficient (Wildman–Crippen LogP) is 5.22. The zero-order valence-electron chi connectivity index (χ0n) is 25.9. The molecule has 9 heteroatoms. The highest BCUT2D eigenvalue weighted by molar-refractivity contribution is 5.92. The van der Waals surface area contributed by atoms with Crippen LogP contribution in [-0.4, -0.2) is 52.9 Å². The lowest BCUT2D eigenvalue weighted by Crippen LogP contribution is -2.54. The maximum atomic E-state index is 14.3. The van der Waals surface area contributed by atoms with E-state index in [1.165, 1.54) is 0 Å². The molecule has 0 spiro atoms. The van der Waals surface area contributed by atoms with Gasteiger partial charge in [0.15, 0.2) is 0 Å². The zero-order valence-corrected chi connectivity index (χ0v) is 25.9. The number of hydrogen-bond acceptors (Lipinski definition) is 5. The molecule has 0 radical (unpaired) electrons. The Hall–Kier alpha value is -3.10. The molecule has 226 valence electrons. The van der Waals surface area contributed by atoms with Crippen LogP contribution in [0.2, 0.25) is 0 Å². The van der Waals surface area contributed by atoms with Crippen molar-refractivity contribution in [3.63, 3.8) is 0 Å². The van der Waals surface area contributed by atoms with E-state index in [0.717, 1.165) is 48.8 Å². The molecule has 3 unspecified atom stereocenters. The number of carbonyl (C=O) groups is 4. The molecule has 0 bridgehead atoms. The van der Waals surface area contributed by atoms with Gasteiger partial charge in [0.1, 0.15) is 17.7 Å². The summed E-state index contributed by atoms with van der Waals surface area (Å²) in [6, 6.07) is 3.65. The van der Waals surface area contributed by atoms with Gasteiger partial charge in [-0.25, -0.2) is 4.79 Å². The fourth-order valence-electron chi connectivity index (χ4n) is 4.62. The van der Waals surface area contributed by atoms with Crippen LogP contribution in [0, 0.1) is 13.8 Å². The summed E-state index contributed by atoms with van der Waals surface area (Å²) in [5, 5.41) is 5.76. The summed E-state index contributed by atoms with van der Waals surface area (Å²) in [5.74, 6) is -1.31. The van der Waals surface area contributed by atoms with Crippen molar-refractivity contribution in [2.45, 2.75) is 130 Å². The first-order valence-electron chi connectivity index (χ1n) is 14.7. The van der Waals surface area contributed by atoms with E-state index in [1.54, 1.807) is 25.7 Å². The van der Waals surface area contributed by atoms with Crippen molar-refractivity contribution in [1.82, 2.24) is 15.5 Å². The SMILES string of the molecule is CCCCCCN(C(=O)C(CCC(N)=O)NC(=O)OC(C)(C)C)C(C(=O)NC(C)CCC)c1cccc(C)c1C. The van der Waals surface area contributed by atoms with Gasteiger partial charge in [0.05, 0.1) is 0 Å². The second-order valence-corrected chi connectivity index (χ2v) is 11.7. The third-order valence-electron chi connectivity index (χ3n) is 6.82. The number of ether oxygens (including phenoxy) is 1.